The average molecular weight is 287 g/mol. The number of hydrogen-bond acceptors (Lipinski definition) is 4. The summed E-state index contributed by atoms with van der Waals surface area (Å²) in [5.74, 6) is -0.282. The molecule has 3 rings (SSSR count). The van der Waals surface area contributed by atoms with Gasteiger partial charge in [0.15, 0.2) is 0 Å². The molecule has 110 valence electrons. The Morgan fingerprint density at radius 3 is 2.95 bits per heavy atom. The van der Waals surface area contributed by atoms with E-state index in [1.54, 1.807) is 37.1 Å². The number of rotatable bonds is 3. The quantitative estimate of drug-likeness (QED) is 0.899. The molecule has 0 bridgehead atoms. The van der Waals surface area contributed by atoms with Gasteiger partial charge in [-0.25, -0.2) is 4.68 Å². The van der Waals surface area contributed by atoms with Crippen LogP contribution >= 0.6 is 0 Å². The van der Waals surface area contributed by atoms with E-state index < -0.39 is 6.04 Å². The van der Waals surface area contributed by atoms with Crippen LogP contribution in [-0.2, 0) is 24.7 Å². The van der Waals surface area contributed by atoms with E-state index in [2.05, 4.69) is 15.5 Å². The van der Waals surface area contributed by atoms with E-state index >= 15 is 0 Å². The Bertz CT molecular complexity index is 746. The Labute approximate surface area is 121 Å². The van der Waals surface area contributed by atoms with Gasteiger partial charge in [0.2, 0.25) is 5.91 Å². The summed E-state index contributed by atoms with van der Waals surface area (Å²) in [6.45, 7) is 1.67. The summed E-state index contributed by atoms with van der Waals surface area (Å²) < 4.78 is 2.86. The van der Waals surface area contributed by atoms with Crippen molar-refractivity contribution in [1.29, 1.82) is 0 Å². The molecule has 1 amide bonds. The SMILES string of the molecule is C[C@@H](C(=O)Nc1cnn(C)c1)n1nc2c(cc1=O)CCC2. The maximum atomic E-state index is 12.2. The number of aryl methyl sites for hydroxylation is 3. The van der Waals surface area contributed by atoms with Gasteiger partial charge in [0.1, 0.15) is 6.04 Å². The van der Waals surface area contributed by atoms with E-state index in [0.29, 0.717) is 5.69 Å². The maximum absolute atomic E-state index is 12.2. The van der Waals surface area contributed by atoms with Gasteiger partial charge in [-0.15, -0.1) is 0 Å². The maximum Gasteiger partial charge on any atom is 0.267 e. The molecule has 0 saturated heterocycles. The topological polar surface area (TPSA) is 81.8 Å². The normalized spacial score (nSPS) is 14.8. The molecular weight excluding hydrogens is 270 g/mol. The van der Waals surface area contributed by atoms with Crippen LogP contribution in [0.4, 0.5) is 5.69 Å². The summed E-state index contributed by atoms with van der Waals surface area (Å²) in [5.41, 5.74) is 2.31. The lowest BCUT2D eigenvalue weighted by Crippen LogP contribution is -2.33. The predicted molar refractivity (Wildman–Crippen MR) is 77.1 cm³/mol. The van der Waals surface area contributed by atoms with Crippen molar-refractivity contribution in [1.82, 2.24) is 19.6 Å². The molecule has 1 aliphatic rings. The van der Waals surface area contributed by atoms with Gasteiger partial charge in [0, 0.05) is 19.3 Å². The van der Waals surface area contributed by atoms with Crippen molar-refractivity contribution >= 4 is 11.6 Å². The lowest BCUT2D eigenvalue weighted by molar-refractivity contribution is -0.119. The molecular formula is C14H17N5O2. The largest absolute Gasteiger partial charge is 0.322 e. The first-order valence-electron chi connectivity index (χ1n) is 6.96. The smallest absolute Gasteiger partial charge is 0.267 e. The molecule has 0 radical (unpaired) electrons. The zero-order valence-corrected chi connectivity index (χ0v) is 12.0. The van der Waals surface area contributed by atoms with E-state index in [4.69, 9.17) is 0 Å². The first-order valence-corrected chi connectivity index (χ1v) is 6.96. The van der Waals surface area contributed by atoms with Gasteiger partial charge >= 0.3 is 0 Å². The van der Waals surface area contributed by atoms with Crippen LogP contribution in [0.3, 0.4) is 0 Å². The molecule has 7 heteroatoms. The van der Waals surface area contributed by atoms with Gasteiger partial charge in [-0.2, -0.15) is 10.2 Å². The van der Waals surface area contributed by atoms with Crippen LogP contribution < -0.4 is 10.9 Å². The van der Waals surface area contributed by atoms with Crippen molar-refractivity contribution in [3.05, 3.63) is 40.1 Å². The van der Waals surface area contributed by atoms with Crippen LogP contribution in [0, 0.1) is 0 Å². The van der Waals surface area contributed by atoms with Crippen LogP contribution in [0.1, 0.15) is 30.6 Å². The van der Waals surface area contributed by atoms with E-state index in [0.717, 1.165) is 30.5 Å². The fourth-order valence-corrected chi connectivity index (χ4v) is 2.54. The first kappa shape index (κ1) is 13.5. The molecule has 2 aromatic rings. The lowest BCUT2D eigenvalue weighted by Gasteiger charge is -2.14. The molecule has 1 atom stereocenters. The second kappa shape index (κ2) is 5.16. The van der Waals surface area contributed by atoms with Crippen molar-refractivity contribution in [3.63, 3.8) is 0 Å². The highest BCUT2D eigenvalue weighted by Gasteiger charge is 2.21. The van der Waals surface area contributed by atoms with Crippen LogP contribution in [0.2, 0.25) is 0 Å². The van der Waals surface area contributed by atoms with Gasteiger partial charge in [-0.1, -0.05) is 0 Å². The zero-order chi connectivity index (χ0) is 15.0. The Hall–Kier alpha value is -2.44. The minimum atomic E-state index is -0.663. The third-order valence-electron chi connectivity index (χ3n) is 3.70. The van der Waals surface area contributed by atoms with Gasteiger partial charge in [-0.05, 0) is 31.7 Å². The molecule has 1 aliphatic carbocycles. The summed E-state index contributed by atoms with van der Waals surface area (Å²) >= 11 is 0. The van der Waals surface area contributed by atoms with Crippen LogP contribution in [-0.4, -0.2) is 25.5 Å². The fraction of sp³-hybridized carbons (Fsp3) is 0.429. The standard InChI is InChI=1S/C14H17N5O2/c1-9(14(21)16-11-7-15-18(2)8-11)19-13(20)6-10-4-3-5-12(10)17-19/h6-9H,3-5H2,1-2H3,(H,16,21)/t9-/m0/s1. The minimum absolute atomic E-state index is 0.232. The Morgan fingerprint density at radius 1 is 1.43 bits per heavy atom. The highest BCUT2D eigenvalue weighted by atomic mass is 16.2. The molecule has 1 N–H and O–H groups in total. The van der Waals surface area contributed by atoms with Crippen LogP contribution in [0.25, 0.3) is 0 Å². The predicted octanol–water partition coefficient (Wildman–Crippen LogP) is 0.665. The van der Waals surface area contributed by atoms with Crippen LogP contribution in [0.15, 0.2) is 23.3 Å². The fourth-order valence-electron chi connectivity index (χ4n) is 2.54. The monoisotopic (exact) mass is 287 g/mol. The number of anilines is 1. The second-order valence-corrected chi connectivity index (χ2v) is 5.32. The first-order chi connectivity index (χ1) is 10.0. The molecule has 0 spiro atoms. The average Bonchev–Trinajstić information content (AvgIpc) is 3.05. The molecule has 2 aromatic heterocycles. The third kappa shape index (κ3) is 2.58. The second-order valence-electron chi connectivity index (χ2n) is 5.32. The summed E-state index contributed by atoms with van der Waals surface area (Å²) in [6.07, 6.45) is 6.04. The van der Waals surface area contributed by atoms with E-state index in [1.165, 1.54) is 4.68 Å². The van der Waals surface area contributed by atoms with Crippen molar-refractivity contribution in [2.45, 2.75) is 32.2 Å². The molecule has 0 saturated carbocycles. The van der Waals surface area contributed by atoms with Crippen molar-refractivity contribution in [3.8, 4) is 0 Å². The number of aromatic nitrogens is 4. The number of fused-ring (bicyclic) bond motifs is 1. The molecule has 0 aliphatic heterocycles. The van der Waals surface area contributed by atoms with E-state index in [9.17, 15) is 9.59 Å². The number of carbonyl (C=O) groups is 1. The van der Waals surface area contributed by atoms with E-state index in [-0.39, 0.29) is 11.5 Å². The van der Waals surface area contributed by atoms with E-state index in [1.807, 2.05) is 0 Å². The number of hydrogen-bond donors (Lipinski definition) is 1. The molecule has 0 aromatic carbocycles. The number of nitrogens with zero attached hydrogens (tertiary/aromatic N) is 4. The summed E-state index contributed by atoms with van der Waals surface area (Å²) in [7, 11) is 1.77. The highest BCUT2D eigenvalue weighted by molar-refractivity contribution is 5.93. The molecule has 0 unspecified atom stereocenters. The van der Waals surface area contributed by atoms with Crippen LogP contribution in [0.5, 0.6) is 0 Å². The van der Waals surface area contributed by atoms with Crippen molar-refractivity contribution < 1.29 is 4.79 Å². The Morgan fingerprint density at radius 2 is 2.24 bits per heavy atom. The summed E-state index contributed by atoms with van der Waals surface area (Å²) in [5, 5.41) is 11.1. The molecule has 2 heterocycles. The Kier molecular flexibility index (Phi) is 3.32. The summed E-state index contributed by atoms with van der Waals surface area (Å²) in [4.78, 5) is 24.3. The lowest BCUT2D eigenvalue weighted by atomic mass is 10.2. The number of carbonyl (C=O) groups excluding carboxylic acids is 1. The van der Waals surface area contributed by atoms with Gasteiger partial charge in [0.05, 0.1) is 17.6 Å². The van der Waals surface area contributed by atoms with Gasteiger partial charge < -0.3 is 5.32 Å². The minimum Gasteiger partial charge on any atom is -0.322 e. The number of nitrogens with one attached hydrogen (secondary N) is 1. The van der Waals surface area contributed by atoms with Crippen molar-refractivity contribution in [2.24, 2.45) is 7.05 Å². The van der Waals surface area contributed by atoms with Gasteiger partial charge in [0.25, 0.3) is 5.56 Å². The summed E-state index contributed by atoms with van der Waals surface area (Å²) in [6, 6.07) is 0.937. The Balaban J connectivity index is 1.83. The molecule has 21 heavy (non-hydrogen) atoms. The zero-order valence-electron chi connectivity index (χ0n) is 12.0. The highest BCUT2D eigenvalue weighted by Crippen LogP contribution is 2.18. The molecule has 7 nitrogen and oxygen atoms in total. The molecule has 0 fully saturated rings. The number of amides is 1. The van der Waals surface area contributed by atoms with Crippen molar-refractivity contribution in [2.75, 3.05) is 5.32 Å². The third-order valence-corrected chi connectivity index (χ3v) is 3.70. The van der Waals surface area contributed by atoms with Gasteiger partial charge in [-0.3, -0.25) is 14.3 Å².